The van der Waals surface area contributed by atoms with Crippen molar-refractivity contribution in [1.29, 1.82) is 0 Å². The Hall–Kier alpha value is -0.900. The summed E-state index contributed by atoms with van der Waals surface area (Å²) in [5.41, 5.74) is -0.578. The van der Waals surface area contributed by atoms with Crippen LogP contribution in [0.2, 0.25) is 0 Å². The largest absolute Gasteiger partial charge is 0.463 e. The summed E-state index contributed by atoms with van der Waals surface area (Å²) in [4.78, 5) is 25.9. The monoisotopic (exact) mass is 239 g/mol. The van der Waals surface area contributed by atoms with Gasteiger partial charge in [0.2, 0.25) is 0 Å². The van der Waals surface area contributed by atoms with Gasteiger partial charge in [-0.1, -0.05) is 13.8 Å². The van der Waals surface area contributed by atoms with Gasteiger partial charge in [-0.3, -0.25) is 14.5 Å². The number of ether oxygens (including phenoxy) is 1. The van der Waals surface area contributed by atoms with Crippen molar-refractivity contribution in [1.82, 2.24) is 4.90 Å². The Morgan fingerprint density at radius 1 is 1.47 bits per heavy atom. The van der Waals surface area contributed by atoms with Gasteiger partial charge < -0.3 is 4.74 Å². The van der Waals surface area contributed by atoms with E-state index in [2.05, 4.69) is 4.90 Å². The second kappa shape index (κ2) is 4.41. The van der Waals surface area contributed by atoms with Gasteiger partial charge in [0.1, 0.15) is 12.1 Å². The van der Waals surface area contributed by atoms with E-state index in [0.29, 0.717) is 0 Å². The van der Waals surface area contributed by atoms with E-state index in [1.165, 1.54) is 0 Å². The second-order valence-corrected chi connectivity index (χ2v) is 5.66. The minimum Gasteiger partial charge on any atom is -0.463 e. The van der Waals surface area contributed by atoms with Crippen molar-refractivity contribution in [2.45, 2.75) is 39.2 Å². The second-order valence-electron chi connectivity index (χ2n) is 5.66. The number of fused-ring (bicyclic) bond motifs is 3. The van der Waals surface area contributed by atoms with Crippen molar-refractivity contribution >= 4 is 11.8 Å². The first-order valence-corrected chi connectivity index (χ1v) is 6.41. The van der Waals surface area contributed by atoms with Gasteiger partial charge in [-0.15, -0.1) is 0 Å². The predicted octanol–water partition coefficient (Wildman–Crippen LogP) is 1.24. The summed E-state index contributed by atoms with van der Waals surface area (Å²) in [6.45, 7) is 7.63. The maximum Gasteiger partial charge on any atom is 0.308 e. The standard InChI is InChI=1S/C13H21NO3/c1-9(2)12(16)17-8-13(3)11(15)10-4-6-14(13)7-5-10/h9-10H,4-8H2,1-3H3. The molecule has 17 heavy (non-hydrogen) atoms. The molecule has 0 aromatic carbocycles. The third-order valence-electron chi connectivity index (χ3n) is 4.06. The highest BCUT2D eigenvalue weighted by atomic mass is 16.5. The summed E-state index contributed by atoms with van der Waals surface area (Å²) in [6.07, 6.45) is 1.93. The van der Waals surface area contributed by atoms with E-state index in [-0.39, 0.29) is 30.2 Å². The van der Waals surface area contributed by atoms with E-state index in [4.69, 9.17) is 4.74 Å². The molecule has 3 aliphatic rings. The van der Waals surface area contributed by atoms with Crippen LogP contribution in [0.15, 0.2) is 0 Å². The van der Waals surface area contributed by atoms with Crippen LogP contribution >= 0.6 is 0 Å². The van der Waals surface area contributed by atoms with Crippen LogP contribution < -0.4 is 0 Å². The van der Waals surface area contributed by atoms with Gasteiger partial charge in [-0.2, -0.15) is 0 Å². The molecule has 3 saturated heterocycles. The molecule has 96 valence electrons. The number of carbonyl (C=O) groups excluding carboxylic acids is 2. The van der Waals surface area contributed by atoms with Crippen molar-refractivity contribution in [3.63, 3.8) is 0 Å². The lowest BCUT2D eigenvalue weighted by atomic mass is 9.74. The van der Waals surface area contributed by atoms with Crippen LogP contribution in [0.1, 0.15) is 33.6 Å². The zero-order valence-electron chi connectivity index (χ0n) is 10.9. The van der Waals surface area contributed by atoms with Crippen molar-refractivity contribution in [2.75, 3.05) is 19.7 Å². The fourth-order valence-corrected chi connectivity index (χ4v) is 2.77. The number of Topliss-reactive ketones (excluding diaryl/α,β-unsaturated/α-hetero) is 1. The van der Waals surface area contributed by atoms with Gasteiger partial charge in [-0.25, -0.2) is 0 Å². The number of carbonyl (C=O) groups is 2. The molecule has 0 spiro atoms. The molecule has 4 heteroatoms. The van der Waals surface area contributed by atoms with Crippen LogP contribution in [0, 0.1) is 11.8 Å². The predicted molar refractivity (Wildman–Crippen MR) is 63.5 cm³/mol. The first kappa shape index (κ1) is 12.6. The zero-order chi connectivity index (χ0) is 12.6. The molecule has 3 fully saturated rings. The highest BCUT2D eigenvalue weighted by Gasteiger charge is 2.50. The fourth-order valence-electron chi connectivity index (χ4n) is 2.77. The van der Waals surface area contributed by atoms with Crippen LogP contribution in [0.25, 0.3) is 0 Å². The van der Waals surface area contributed by atoms with Gasteiger partial charge in [0.05, 0.1) is 5.92 Å². The van der Waals surface area contributed by atoms with Gasteiger partial charge in [0, 0.05) is 5.92 Å². The minimum atomic E-state index is -0.578. The Morgan fingerprint density at radius 2 is 2.06 bits per heavy atom. The topological polar surface area (TPSA) is 46.6 Å². The van der Waals surface area contributed by atoms with E-state index < -0.39 is 5.54 Å². The third-order valence-corrected chi connectivity index (χ3v) is 4.06. The Kier molecular flexibility index (Phi) is 3.25. The van der Waals surface area contributed by atoms with Crippen molar-refractivity contribution in [2.24, 2.45) is 11.8 Å². The Morgan fingerprint density at radius 3 is 2.53 bits per heavy atom. The quantitative estimate of drug-likeness (QED) is 0.695. The molecule has 0 aliphatic carbocycles. The molecule has 3 rings (SSSR count). The van der Waals surface area contributed by atoms with E-state index in [0.717, 1.165) is 25.9 Å². The molecule has 0 radical (unpaired) electrons. The average Bonchev–Trinajstić information content (AvgIpc) is 2.33. The van der Waals surface area contributed by atoms with Gasteiger partial charge in [0.15, 0.2) is 5.78 Å². The lowest BCUT2D eigenvalue weighted by Crippen LogP contribution is -2.65. The fraction of sp³-hybridized carbons (Fsp3) is 0.846. The van der Waals surface area contributed by atoms with Gasteiger partial charge >= 0.3 is 5.97 Å². The highest BCUT2D eigenvalue weighted by molar-refractivity contribution is 5.92. The summed E-state index contributed by atoms with van der Waals surface area (Å²) in [5, 5.41) is 0. The first-order chi connectivity index (χ1) is 7.95. The molecule has 3 heterocycles. The first-order valence-electron chi connectivity index (χ1n) is 6.41. The zero-order valence-corrected chi connectivity index (χ0v) is 10.9. The molecule has 1 unspecified atom stereocenters. The molecule has 4 nitrogen and oxygen atoms in total. The minimum absolute atomic E-state index is 0.135. The molecule has 0 amide bonds. The molecule has 1 atom stereocenters. The van der Waals surface area contributed by atoms with Crippen LogP contribution in [0.4, 0.5) is 0 Å². The number of nitrogens with zero attached hydrogens (tertiary/aromatic N) is 1. The number of esters is 1. The van der Waals surface area contributed by atoms with E-state index in [9.17, 15) is 9.59 Å². The van der Waals surface area contributed by atoms with Crippen LogP contribution in [0.5, 0.6) is 0 Å². The van der Waals surface area contributed by atoms with Crippen LogP contribution in [0.3, 0.4) is 0 Å². The summed E-state index contributed by atoms with van der Waals surface area (Å²) < 4.78 is 5.27. The number of rotatable bonds is 3. The van der Waals surface area contributed by atoms with E-state index in [1.54, 1.807) is 13.8 Å². The molecular weight excluding hydrogens is 218 g/mol. The normalized spacial score (nSPS) is 36.4. The lowest BCUT2D eigenvalue weighted by molar-refractivity contribution is -0.162. The van der Waals surface area contributed by atoms with Crippen molar-refractivity contribution < 1.29 is 14.3 Å². The smallest absolute Gasteiger partial charge is 0.308 e. The molecule has 0 N–H and O–H groups in total. The van der Waals surface area contributed by atoms with Gasteiger partial charge in [-0.05, 0) is 32.9 Å². The maximum absolute atomic E-state index is 12.3. The summed E-state index contributed by atoms with van der Waals surface area (Å²) in [7, 11) is 0. The number of hydrogen-bond acceptors (Lipinski definition) is 4. The molecule has 0 aromatic heterocycles. The van der Waals surface area contributed by atoms with E-state index in [1.807, 2.05) is 6.92 Å². The lowest BCUT2D eigenvalue weighted by Gasteiger charge is -2.50. The average molecular weight is 239 g/mol. The number of piperidine rings is 3. The molecule has 0 saturated carbocycles. The van der Waals surface area contributed by atoms with Crippen molar-refractivity contribution in [3.05, 3.63) is 0 Å². The van der Waals surface area contributed by atoms with Crippen LogP contribution in [-0.4, -0.2) is 41.9 Å². The highest BCUT2D eigenvalue weighted by Crippen LogP contribution is 2.36. The Labute approximate surface area is 102 Å². The Bertz CT molecular complexity index is 332. The summed E-state index contributed by atoms with van der Waals surface area (Å²) in [5.74, 6) is 0.0838. The SMILES string of the molecule is CC(C)C(=O)OCC1(C)C(=O)C2CCN1CC2. The van der Waals surface area contributed by atoms with Gasteiger partial charge in [0.25, 0.3) is 0 Å². The third kappa shape index (κ3) is 2.10. The van der Waals surface area contributed by atoms with Crippen molar-refractivity contribution in [3.8, 4) is 0 Å². The maximum atomic E-state index is 12.3. The molecule has 0 aromatic rings. The Balaban J connectivity index is 2.03. The van der Waals surface area contributed by atoms with E-state index >= 15 is 0 Å². The number of ketones is 1. The summed E-state index contributed by atoms with van der Waals surface area (Å²) >= 11 is 0. The summed E-state index contributed by atoms with van der Waals surface area (Å²) in [6, 6.07) is 0. The van der Waals surface area contributed by atoms with Crippen LogP contribution in [-0.2, 0) is 14.3 Å². The molecular formula is C13H21NO3. The number of hydrogen-bond donors (Lipinski definition) is 0. The molecule has 2 bridgehead atoms. The molecule has 3 aliphatic heterocycles.